The summed E-state index contributed by atoms with van der Waals surface area (Å²) in [4.78, 5) is 21.3. The standard InChI is InChI=1S/C15H17F3N4O3S/c1-22(10-2-7(3-11(10)23)21-14(24)25)12-9-4-8(5-15(16,17)18)26-13(9)20-6-19-12/h4,6-7,10-11,21,23H,2-3,5H2,1H3,(H,24,25)/t7-,10+,11-/m1/s1. The van der Waals surface area contributed by atoms with Crippen molar-refractivity contribution in [3.8, 4) is 0 Å². The molecule has 3 atom stereocenters. The summed E-state index contributed by atoms with van der Waals surface area (Å²) < 4.78 is 37.9. The Morgan fingerprint density at radius 1 is 1.42 bits per heavy atom. The molecule has 11 heteroatoms. The smallest absolute Gasteiger partial charge is 0.404 e. The second-order valence-corrected chi connectivity index (χ2v) is 7.40. The van der Waals surface area contributed by atoms with Crippen molar-refractivity contribution in [1.29, 1.82) is 0 Å². The minimum absolute atomic E-state index is 0.139. The minimum atomic E-state index is -4.31. The van der Waals surface area contributed by atoms with Crippen molar-refractivity contribution in [1.82, 2.24) is 15.3 Å². The van der Waals surface area contributed by atoms with Crippen molar-refractivity contribution in [2.24, 2.45) is 0 Å². The fourth-order valence-corrected chi connectivity index (χ4v) is 4.34. The first-order valence-electron chi connectivity index (χ1n) is 7.84. The van der Waals surface area contributed by atoms with E-state index >= 15 is 0 Å². The highest BCUT2D eigenvalue weighted by Gasteiger charge is 2.37. The highest BCUT2D eigenvalue weighted by molar-refractivity contribution is 7.18. The van der Waals surface area contributed by atoms with Crippen LogP contribution in [0.15, 0.2) is 12.4 Å². The number of likely N-dealkylation sites (N-methyl/N-ethyl adjacent to an activating group) is 1. The lowest BCUT2D eigenvalue weighted by Crippen LogP contribution is -2.38. The Kier molecular flexibility index (Phi) is 4.93. The van der Waals surface area contributed by atoms with E-state index in [1.54, 1.807) is 11.9 Å². The number of halogens is 3. The van der Waals surface area contributed by atoms with E-state index in [4.69, 9.17) is 5.11 Å². The molecule has 1 fully saturated rings. The van der Waals surface area contributed by atoms with Crippen molar-refractivity contribution in [3.05, 3.63) is 17.3 Å². The molecule has 2 aromatic heterocycles. The van der Waals surface area contributed by atoms with Crippen LogP contribution < -0.4 is 10.2 Å². The molecule has 0 unspecified atom stereocenters. The molecule has 1 saturated carbocycles. The summed E-state index contributed by atoms with van der Waals surface area (Å²) in [6.07, 6.45) is -5.38. The molecule has 3 N–H and O–H groups in total. The van der Waals surface area contributed by atoms with Gasteiger partial charge in [0.25, 0.3) is 0 Å². The van der Waals surface area contributed by atoms with E-state index < -0.39 is 36.9 Å². The number of thiophene rings is 1. The van der Waals surface area contributed by atoms with Gasteiger partial charge in [0.1, 0.15) is 17.0 Å². The summed E-state index contributed by atoms with van der Waals surface area (Å²) in [5.41, 5.74) is 0. The van der Waals surface area contributed by atoms with Crippen molar-refractivity contribution in [3.63, 3.8) is 0 Å². The summed E-state index contributed by atoms with van der Waals surface area (Å²) in [5, 5.41) is 21.9. The molecule has 1 aliphatic rings. The molecule has 0 aromatic carbocycles. The number of fused-ring (bicyclic) bond motifs is 1. The number of aliphatic hydroxyl groups is 1. The SMILES string of the molecule is CN(c1ncnc2sc(CC(F)(F)F)cc12)[C@H]1C[C@@H](NC(=O)O)C[C@H]1O. The molecular weight excluding hydrogens is 373 g/mol. The molecule has 7 nitrogen and oxygen atoms in total. The van der Waals surface area contributed by atoms with Gasteiger partial charge in [-0.25, -0.2) is 14.8 Å². The number of hydrogen-bond acceptors (Lipinski definition) is 6. The van der Waals surface area contributed by atoms with Gasteiger partial charge in [0.05, 0.1) is 24.0 Å². The lowest BCUT2D eigenvalue weighted by molar-refractivity contribution is -0.126. The number of nitrogens with one attached hydrogen (secondary N) is 1. The summed E-state index contributed by atoms with van der Waals surface area (Å²) in [6, 6.07) is 0.625. The second-order valence-electron chi connectivity index (χ2n) is 6.28. The number of amides is 1. The van der Waals surface area contributed by atoms with E-state index in [9.17, 15) is 23.1 Å². The van der Waals surface area contributed by atoms with Gasteiger partial charge in [-0.2, -0.15) is 13.2 Å². The Morgan fingerprint density at radius 3 is 2.81 bits per heavy atom. The Morgan fingerprint density at radius 2 is 2.15 bits per heavy atom. The lowest BCUT2D eigenvalue weighted by atomic mass is 10.1. The van der Waals surface area contributed by atoms with E-state index in [0.29, 0.717) is 22.5 Å². The summed E-state index contributed by atoms with van der Waals surface area (Å²) >= 11 is 0.958. The molecule has 2 aromatic rings. The average molecular weight is 390 g/mol. The number of nitrogens with zero attached hydrogens (tertiary/aromatic N) is 3. The molecule has 3 rings (SSSR count). The van der Waals surface area contributed by atoms with Gasteiger partial charge in [0.2, 0.25) is 0 Å². The van der Waals surface area contributed by atoms with Crippen LogP contribution in [0.1, 0.15) is 17.7 Å². The third kappa shape index (κ3) is 3.98. The normalized spacial score (nSPS) is 23.3. The van der Waals surface area contributed by atoms with Crippen LogP contribution in [0.25, 0.3) is 10.2 Å². The van der Waals surface area contributed by atoms with E-state index in [2.05, 4.69) is 15.3 Å². The fourth-order valence-electron chi connectivity index (χ4n) is 3.32. The van der Waals surface area contributed by atoms with Crippen LogP contribution >= 0.6 is 11.3 Å². The zero-order valence-electron chi connectivity index (χ0n) is 13.7. The molecule has 0 aliphatic heterocycles. The quantitative estimate of drug-likeness (QED) is 0.742. The Balaban J connectivity index is 1.86. The van der Waals surface area contributed by atoms with Crippen molar-refractivity contribution in [2.75, 3.05) is 11.9 Å². The molecular formula is C15H17F3N4O3S. The van der Waals surface area contributed by atoms with Gasteiger partial charge >= 0.3 is 12.3 Å². The maximum Gasteiger partial charge on any atom is 0.404 e. The van der Waals surface area contributed by atoms with Gasteiger partial charge in [-0.1, -0.05) is 0 Å². The third-order valence-corrected chi connectivity index (χ3v) is 5.43. The summed E-state index contributed by atoms with van der Waals surface area (Å²) in [7, 11) is 1.68. The predicted molar refractivity (Wildman–Crippen MR) is 89.6 cm³/mol. The van der Waals surface area contributed by atoms with Gasteiger partial charge in [-0.05, 0) is 18.9 Å². The molecule has 2 heterocycles. The molecule has 0 bridgehead atoms. The zero-order chi connectivity index (χ0) is 19.1. The van der Waals surface area contributed by atoms with Crippen LogP contribution in [0.4, 0.5) is 23.8 Å². The van der Waals surface area contributed by atoms with Crippen molar-refractivity contribution in [2.45, 2.75) is 43.6 Å². The molecule has 0 spiro atoms. The number of aliphatic hydroxyl groups excluding tert-OH is 1. The number of anilines is 1. The lowest BCUT2D eigenvalue weighted by Gasteiger charge is -2.28. The average Bonchev–Trinajstić information content (AvgIpc) is 3.06. The zero-order valence-corrected chi connectivity index (χ0v) is 14.5. The minimum Gasteiger partial charge on any atom is -0.465 e. The molecule has 0 saturated heterocycles. The largest absolute Gasteiger partial charge is 0.465 e. The topological polar surface area (TPSA) is 98.6 Å². The van der Waals surface area contributed by atoms with Crippen LogP contribution in [-0.4, -0.2) is 57.7 Å². The van der Waals surface area contributed by atoms with Crippen LogP contribution in [0.2, 0.25) is 0 Å². The van der Waals surface area contributed by atoms with E-state index in [1.165, 1.54) is 12.4 Å². The molecule has 26 heavy (non-hydrogen) atoms. The maximum atomic E-state index is 12.6. The van der Waals surface area contributed by atoms with E-state index in [-0.39, 0.29) is 11.3 Å². The first-order valence-corrected chi connectivity index (χ1v) is 8.66. The number of carboxylic acid groups (broad SMARTS) is 1. The van der Waals surface area contributed by atoms with Gasteiger partial charge in [-0.3, -0.25) is 0 Å². The predicted octanol–water partition coefficient (Wildman–Crippen LogP) is 2.39. The highest BCUT2D eigenvalue weighted by atomic mass is 32.1. The number of alkyl halides is 3. The Hall–Kier alpha value is -2.14. The summed E-state index contributed by atoms with van der Waals surface area (Å²) in [6.45, 7) is 0. The van der Waals surface area contributed by atoms with Gasteiger partial charge in [0.15, 0.2) is 0 Å². The Labute approximate surface area is 150 Å². The molecule has 142 valence electrons. The first kappa shape index (κ1) is 18.6. The highest BCUT2D eigenvalue weighted by Crippen LogP contribution is 2.35. The molecule has 0 radical (unpaired) electrons. The number of rotatable bonds is 4. The van der Waals surface area contributed by atoms with Crippen molar-refractivity contribution >= 4 is 33.5 Å². The first-order chi connectivity index (χ1) is 12.1. The van der Waals surface area contributed by atoms with Gasteiger partial charge in [0, 0.05) is 18.0 Å². The third-order valence-electron chi connectivity index (χ3n) is 4.39. The molecule has 1 aliphatic carbocycles. The van der Waals surface area contributed by atoms with E-state index in [0.717, 1.165) is 11.3 Å². The van der Waals surface area contributed by atoms with Gasteiger partial charge in [-0.15, -0.1) is 11.3 Å². The fraction of sp³-hybridized carbons (Fsp3) is 0.533. The summed E-state index contributed by atoms with van der Waals surface area (Å²) in [5.74, 6) is 0.416. The van der Waals surface area contributed by atoms with Crippen LogP contribution in [0.3, 0.4) is 0 Å². The second kappa shape index (κ2) is 6.88. The van der Waals surface area contributed by atoms with Gasteiger partial charge < -0.3 is 20.4 Å². The van der Waals surface area contributed by atoms with Crippen LogP contribution in [-0.2, 0) is 6.42 Å². The van der Waals surface area contributed by atoms with Crippen molar-refractivity contribution < 1.29 is 28.2 Å². The Bertz CT molecular complexity index is 813. The number of hydrogen-bond donors (Lipinski definition) is 3. The number of aromatic nitrogens is 2. The van der Waals surface area contributed by atoms with Crippen LogP contribution in [0.5, 0.6) is 0 Å². The van der Waals surface area contributed by atoms with E-state index in [1.807, 2.05) is 0 Å². The molecule has 1 amide bonds. The monoisotopic (exact) mass is 390 g/mol. The maximum absolute atomic E-state index is 12.6. The van der Waals surface area contributed by atoms with Crippen LogP contribution in [0, 0.1) is 0 Å². The number of carbonyl (C=O) groups is 1.